The standard InChI is InChI=1S/C35H26O16/c1-9-2-11-20(13(38)3-9)31(46)24-17(42)7-18(50-35-34(49)33(48)30(45)19(8-36)51-35)25(27(24)28(11)43)22-15(40)6-16(41)23-26(22)29(44)12-4-10(37)5-14(39)21(12)32(23)47/h2-7,19,30,33-42,45,48-49H,8H2,1H3. The Morgan fingerprint density at radius 2 is 1.06 bits per heavy atom. The smallest absolute Gasteiger partial charge is 0.229 e. The van der Waals surface area contributed by atoms with Crippen molar-refractivity contribution in [3.63, 3.8) is 0 Å². The summed E-state index contributed by atoms with van der Waals surface area (Å²) in [5.74, 6) is -10.2. The number of phenolic OH excluding ortho intramolecular Hbond substituents is 6. The van der Waals surface area contributed by atoms with Gasteiger partial charge in [-0.25, -0.2) is 0 Å². The number of benzene rings is 4. The molecule has 3 aliphatic rings. The number of ketones is 4. The topological polar surface area (TPSA) is 289 Å². The Labute approximate surface area is 284 Å². The Kier molecular flexibility index (Phi) is 7.55. The van der Waals surface area contributed by atoms with Gasteiger partial charge in [0.05, 0.1) is 28.9 Å². The number of hydrogen-bond donors (Lipinski definition) is 10. The van der Waals surface area contributed by atoms with Gasteiger partial charge in [0.1, 0.15) is 64.7 Å². The molecule has 7 rings (SSSR count). The highest BCUT2D eigenvalue weighted by atomic mass is 16.7. The first-order valence-corrected chi connectivity index (χ1v) is 15.1. The van der Waals surface area contributed by atoms with E-state index in [1.165, 1.54) is 19.1 Å². The van der Waals surface area contributed by atoms with E-state index in [-0.39, 0.29) is 5.56 Å². The Hall–Kier alpha value is -6.04. The molecule has 0 aromatic heterocycles. The largest absolute Gasteiger partial charge is 0.508 e. The minimum atomic E-state index is -2.07. The highest BCUT2D eigenvalue weighted by Gasteiger charge is 2.47. The summed E-state index contributed by atoms with van der Waals surface area (Å²) in [6.07, 6.45) is -9.42. The summed E-state index contributed by atoms with van der Waals surface area (Å²) in [4.78, 5) is 56.4. The number of aliphatic hydroxyl groups is 4. The fourth-order valence-electron chi connectivity index (χ4n) is 6.83. The second kappa shape index (κ2) is 11.5. The van der Waals surface area contributed by atoms with E-state index < -0.39 is 151 Å². The van der Waals surface area contributed by atoms with E-state index in [4.69, 9.17) is 9.47 Å². The summed E-state index contributed by atoms with van der Waals surface area (Å²) in [5.41, 5.74) is -6.29. The van der Waals surface area contributed by atoms with Crippen LogP contribution in [-0.2, 0) is 4.74 Å². The third kappa shape index (κ3) is 4.73. The van der Waals surface area contributed by atoms with Crippen LogP contribution < -0.4 is 4.74 Å². The fourth-order valence-corrected chi connectivity index (χ4v) is 6.83. The van der Waals surface area contributed by atoms with Crippen molar-refractivity contribution in [3.05, 3.63) is 86.5 Å². The predicted molar refractivity (Wildman–Crippen MR) is 168 cm³/mol. The number of ether oxygens (including phenoxy) is 2. The average Bonchev–Trinajstić information content (AvgIpc) is 3.05. The van der Waals surface area contributed by atoms with Crippen molar-refractivity contribution < 1.29 is 79.7 Å². The van der Waals surface area contributed by atoms with Crippen molar-refractivity contribution in [3.8, 4) is 51.4 Å². The third-order valence-electron chi connectivity index (χ3n) is 9.11. The Balaban J connectivity index is 1.58. The number of aliphatic hydroxyl groups excluding tert-OH is 4. The zero-order valence-electron chi connectivity index (χ0n) is 26.0. The van der Waals surface area contributed by atoms with E-state index in [9.17, 15) is 70.2 Å². The average molecular weight is 703 g/mol. The van der Waals surface area contributed by atoms with Crippen LogP contribution in [0.5, 0.6) is 40.2 Å². The molecule has 4 aromatic rings. The number of hydrogen-bond acceptors (Lipinski definition) is 16. The van der Waals surface area contributed by atoms with E-state index in [1.807, 2.05) is 0 Å². The minimum Gasteiger partial charge on any atom is -0.508 e. The molecule has 51 heavy (non-hydrogen) atoms. The van der Waals surface area contributed by atoms with Crippen molar-refractivity contribution in [1.82, 2.24) is 0 Å². The van der Waals surface area contributed by atoms with Crippen LogP contribution in [0.15, 0.2) is 36.4 Å². The van der Waals surface area contributed by atoms with Gasteiger partial charge in [0, 0.05) is 51.6 Å². The number of carbonyl (C=O) groups is 4. The number of phenols is 6. The maximum absolute atomic E-state index is 14.4. The lowest BCUT2D eigenvalue weighted by atomic mass is 9.75. The second-order valence-electron chi connectivity index (χ2n) is 12.3. The molecular weight excluding hydrogens is 676 g/mol. The van der Waals surface area contributed by atoms with Gasteiger partial charge in [0.2, 0.25) is 17.9 Å². The van der Waals surface area contributed by atoms with E-state index in [2.05, 4.69) is 0 Å². The van der Waals surface area contributed by atoms with E-state index in [1.54, 1.807) is 0 Å². The van der Waals surface area contributed by atoms with Gasteiger partial charge in [-0.3, -0.25) is 19.2 Å². The molecule has 0 amide bonds. The van der Waals surface area contributed by atoms with Gasteiger partial charge in [-0.05, 0) is 30.7 Å². The predicted octanol–water partition coefficient (Wildman–Crippen LogP) is 0.625. The number of aromatic hydroxyl groups is 6. The molecule has 10 N–H and O–H groups in total. The van der Waals surface area contributed by atoms with Gasteiger partial charge in [0.25, 0.3) is 0 Å². The molecule has 16 heteroatoms. The fraction of sp³-hybridized carbons (Fsp3) is 0.200. The van der Waals surface area contributed by atoms with Gasteiger partial charge >= 0.3 is 0 Å². The molecule has 0 radical (unpaired) electrons. The quantitative estimate of drug-likeness (QED) is 0.120. The highest BCUT2D eigenvalue weighted by molar-refractivity contribution is 6.35. The molecule has 2 aliphatic carbocycles. The maximum atomic E-state index is 14.4. The van der Waals surface area contributed by atoms with Crippen LogP contribution in [0.2, 0.25) is 0 Å². The molecule has 0 saturated carbocycles. The molecule has 0 spiro atoms. The van der Waals surface area contributed by atoms with Gasteiger partial charge in [0.15, 0.2) is 11.6 Å². The lowest BCUT2D eigenvalue weighted by Gasteiger charge is -2.40. The first-order chi connectivity index (χ1) is 24.1. The van der Waals surface area contributed by atoms with Crippen LogP contribution in [-0.4, -0.2) is 112 Å². The van der Waals surface area contributed by atoms with Crippen molar-refractivity contribution in [2.45, 2.75) is 37.6 Å². The highest BCUT2D eigenvalue weighted by Crippen LogP contribution is 2.53. The minimum absolute atomic E-state index is 0.317. The number of aryl methyl sites for hydroxylation is 1. The van der Waals surface area contributed by atoms with Crippen LogP contribution in [0.3, 0.4) is 0 Å². The SMILES string of the molecule is Cc1cc(O)c2c(c1)C(=O)c1c(c(O)cc(OC3OC(CO)C(O)C(O)C3O)c1-c1c(O)cc(O)c3c1C(=O)c1cc(O)cc(O)c1C3=O)C2=O. The number of rotatable bonds is 4. The van der Waals surface area contributed by atoms with Crippen LogP contribution in [0.1, 0.15) is 69.2 Å². The molecule has 1 heterocycles. The molecule has 1 aliphatic heterocycles. The molecule has 4 aromatic carbocycles. The van der Waals surface area contributed by atoms with E-state index in [0.717, 1.165) is 18.2 Å². The number of fused-ring (bicyclic) bond motifs is 4. The molecule has 5 unspecified atom stereocenters. The van der Waals surface area contributed by atoms with Crippen LogP contribution in [0, 0.1) is 6.92 Å². The summed E-state index contributed by atoms with van der Waals surface area (Å²) in [6.45, 7) is 0.612. The van der Waals surface area contributed by atoms with Crippen LogP contribution in [0.4, 0.5) is 0 Å². The molecule has 1 fully saturated rings. The zero-order chi connectivity index (χ0) is 37.0. The van der Waals surface area contributed by atoms with Crippen LogP contribution >= 0.6 is 0 Å². The molecule has 262 valence electrons. The molecule has 0 bridgehead atoms. The Morgan fingerprint density at radius 3 is 1.67 bits per heavy atom. The third-order valence-corrected chi connectivity index (χ3v) is 9.11. The lowest BCUT2D eigenvalue weighted by Crippen LogP contribution is -2.60. The van der Waals surface area contributed by atoms with Gasteiger partial charge in [-0.15, -0.1) is 0 Å². The first kappa shape index (κ1) is 33.5. The van der Waals surface area contributed by atoms with Crippen molar-refractivity contribution in [2.24, 2.45) is 0 Å². The molecule has 5 atom stereocenters. The van der Waals surface area contributed by atoms with Crippen LogP contribution in [0.25, 0.3) is 11.1 Å². The lowest BCUT2D eigenvalue weighted by molar-refractivity contribution is -0.277. The van der Waals surface area contributed by atoms with Gasteiger partial charge in [-0.2, -0.15) is 0 Å². The van der Waals surface area contributed by atoms with Crippen molar-refractivity contribution in [1.29, 1.82) is 0 Å². The Bertz CT molecular complexity index is 2270. The maximum Gasteiger partial charge on any atom is 0.229 e. The van der Waals surface area contributed by atoms with Gasteiger partial charge < -0.3 is 60.5 Å². The van der Waals surface area contributed by atoms with Gasteiger partial charge in [-0.1, -0.05) is 0 Å². The van der Waals surface area contributed by atoms with E-state index >= 15 is 0 Å². The summed E-state index contributed by atoms with van der Waals surface area (Å²) < 4.78 is 11.3. The first-order valence-electron chi connectivity index (χ1n) is 15.1. The Morgan fingerprint density at radius 1 is 0.549 bits per heavy atom. The molecule has 1 saturated heterocycles. The summed E-state index contributed by atoms with van der Waals surface area (Å²) in [6, 6.07) is 5.38. The summed E-state index contributed by atoms with van der Waals surface area (Å²) in [5, 5.41) is 106. The number of carbonyl (C=O) groups excluding carboxylic acids is 4. The van der Waals surface area contributed by atoms with Crippen molar-refractivity contribution >= 4 is 23.1 Å². The normalized spacial score (nSPS) is 22.3. The molecule has 16 nitrogen and oxygen atoms in total. The monoisotopic (exact) mass is 702 g/mol. The van der Waals surface area contributed by atoms with E-state index in [0.29, 0.717) is 11.6 Å². The molecular formula is C35H26O16. The summed E-state index contributed by atoms with van der Waals surface area (Å²) in [7, 11) is 0. The second-order valence-corrected chi connectivity index (χ2v) is 12.3. The summed E-state index contributed by atoms with van der Waals surface area (Å²) >= 11 is 0. The van der Waals surface area contributed by atoms with Crippen molar-refractivity contribution in [2.75, 3.05) is 6.61 Å². The zero-order valence-corrected chi connectivity index (χ0v) is 26.0.